The van der Waals surface area contributed by atoms with Crippen molar-refractivity contribution < 1.29 is 3.76 Å². The molecule has 1 rings (SSSR count). The van der Waals surface area contributed by atoms with Gasteiger partial charge in [0.1, 0.15) is 0 Å². The van der Waals surface area contributed by atoms with Crippen LogP contribution in [-0.4, -0.2) is 22.4 Å². The van der Waals surface area contributed by atoms with Crippen molar-refractivity contribution in [1.29, 1.82) is 0 Å². The van der Waals surface area contributed by atoms with Crippen molar-refractivity contribution in [1.82, 2.24) is 0 Å². The Morgan fingerprint density at radius 2 is 1.77 bits per heavy atom. The quantitative estimate of drug-likeness (QED) is 0.725. The summed E-state index contributed by atoms with van der Waals surface area (Å²) >= 11 is -0.915. The molecule has 0 saturated carbocycles. The van der Waals surface area contributed by atoms with Gasteiger partial charge in [-0.05, 0) is 0 Å². The molecule has 1 aromatic rings. The van der Waals surface area contributed by atoms with Crippen molar-refractivity contribution in [3.63, 3.8) is 0 Å². The fourth-order valence-corrected chi connectivity index (χ4v) is 4.02. The number of hydrogen-bond acceptors (Lipinski definition) is 1. The first-order valence-electron chi connectivity index (χ1n) is 4.70. The Hall–Kier alpha value is -0.277. The summed E-state index contributed by atoms with van der Waals surface area (Å²) < 4.78 is 7.20. The molecule has 1 nitrogen and oxygen atoms in total. The van der Waals surface area contributed by atoms with Gasteiger partial charge in [0.2, 0.25) is 0 Å². The Bertz CT molecular complexity index is 238. The van der Waals surface area contributed by atoms with Crippen LogP contribution < -0.4 is 4.40 Å². The molecular formula is C11H18GeO. The molecule has 0 saturated heterocycles. The van der Waals surface area contributed by atoms with Crippen LogP contribution >= 0.6 is 0 Å². The van der Waals surface area contributed by atoms with Gasteiger partial charge in [0, 0.05) is 0 Å². The third kappa shape index (κ3) is 5.11. The molecule has 0 radical (unpaired) electrons. The second-order valence-electron chi connectivity index (χ2n) is 4.54. The third-order valence-corrected chi connectivity index (χ3v) is 4.19. The SMILES string of the molecule is CC(C)(C)C[O][GeH2][c]1ccccc1. The van der Waals surface area contributed by atoms with Crippen LogP contribution in [0.5, 0.6) is 0 Å². The summed E-state index contributed by atoms with van der Waals surface area (Å²) in [7, 11) is 0. The Labute approximate surface area is 87.3 Å². The van der Waals surface area contributed by atoms with Crippen LogP contribution in [0.2, 0.25) is 0 Å². The molecule has 0 fully saturated rings. The standard InChI is InChI=1S/C11H18GeO/c1-11(2,3)9-13-12-10-7-5-4-6-8-10/h4-8H,9,12H2,1-3H3. The summed E-state index contributed by atoms with van der Waals surface area (Å²) in [6.45, 7) is 7.52. The zero-order valence-electron chi connectivity index (χ0n) is 8.71. The molecule has 0 atom stereocenters. The fourth-order valence-electron chi connectivity index (χ4n) is 1.05. The number of rotatable bonds is 3. The average Bonchev–Trinajstić information content (AvgIpc) is 2.04. The zero-order valence-corrected chi connectivity index (χ0v) is 11.7. The monoisotopic (exact) mass is 240 g/mol. The molecule has 0 aliphatic rings. The van der Waals surface area contributed by atoms with E-state index in [9.17, 15) is 0 Å². The van der Waals surface area contributed by atoms with Gasteiger partial charge in [-0.15, -0.1) is 0 Å². The van der Waals surface area contributed by atoms with E-state index in [1.807, 2.05) is 0 Å². The first kappa shape index (κ1) is 10.8. The Morgan fingerprint density at radius 1 is 1.15 bits per heavy atom. The predicted octanol–water partition coefficient (Wildman–Crippen LogP) is 1.46. The molecule has 0 spiro atoms. The fraction of sp³-hybridized carbons (Fsp3) is 0.455. The molecule has 0 unspecified atom stereocenters. The van der Waals surface area contributed by atoms with Gasteiger partial charge < -0.3 is 0 Å². The van der Waals surface area contributed by atoms with Crippen LogP contribution in [0.1, 0.15) is 20.8 Å². The van der Waals surface area contributed by atoms with E-state index in [0.717, 1.165) is 6.61 Å². The van der Waals surface area contributed by atoms with Crippen molar-refractivity contribution in [3.05, 3.63) is 30.3 Å². The van der Waals surface area contributed by atoms with E-state index >= 15 is 0 Å². The molecule has 0 N–H and O–H groups in total. The van der Waals surface area contributed by atoms with Crippen LogP contribution in [0.25, 0.3) is 0 Å². The van der Waals surface area contributed by atoms with Gasteiger partial charge in [0.15, 0.2) is 0 Å². The molecule has 13 heavy (non-hydrogen) atoms. The first-order chi connectivity index (χ1) is 6.08. The summed E-state index contributed by atoms with van der Waals surface area (Å²) in [4.78, 5) is 0. The summed E-state index contributed by atoms with van der Waals surface area (Å²) in [5.41, 5.74) is 0.306. The molecule has 0 aliphatic carbocycles. The average molecular weight is 239 g/mol. The third-order valence-electron chi connectivity index (χ3n) is 1.65. The van der Waals surface area contributed by atoms with Crippen molar-refractivity contribution >= 4 is 20.2 Å². The molecule has 72 valence electrons. The van der Waals surface area contributed by atoms with Gasteiger partial charge in [-0.25, -0.2) is 0 Å². The van der Waals surface area contributed by atoms with Crippen molar-refractivity contribution in [2.24, 2.45) is 5.41 Å². The van der Waals surface area contributed by atoms with Crippen molar-refractivity contribution in [3.8, 4) is 0 Å². The van der Waals surface area contributed by atoms with Crippen LogP contribution in [0, 0.1) is 5.41 Å². The number of benzene rings is 1. The van der Waals surface area contributed by atoms with E-state index < -0.39 is 15.8 Å². The molecule has 0 aliphatic heterocycles. The van der Waals surface area contributed by atoms with Gasteiger partial charge in [-0.1, -0.05) is 0 Å². The van der Waals surface area contributed by atoms with Gasteiger partial charge in [0.25, 0.3) is 0 Å². The van der Waals surface area contributed by atoms with Crippen LogP contribution in [0.3, 0.4) is 0 Å². The van der Waals surface area contributed by atoms with E-state index in [1.165, 1.54) is 4.40 Å². The van der Waals surface area contributed by atoms with Crippen LogP contribution in [0.15, 0.2) is 30.3 Å². The van der Waals surface area contributed by atoms with Crippen LogP contribution in [-0.2, 0) is 3.76 Å². The Morgan fingerprint density at radius 3 is 2.31 bits per heavy atom. The Kier molecular flexibility index (Phi) is 4.00. The molecule has 1 aromatic carbocycles. The van der Waals surface area contributed by atoms with E-state index in [2.05, 4.69) is 51.1 Å². The molecule has 0 amide bonds. The van der Waals surface area contributed by atoms with E-state index in [4.69, 9.17) is 3.76 Å². The second kappa shape index (κ2) is 4.82. The van der Waals surface area contributed by atoms with Crippen molar-refractivity contribution in [2.45, 2.75) is 20.8 Å². The number of hydrogen-bond donors (Lipinski definition) is 0. The zero-order chi connectivity index (χ0) is 9.73. The van der Waals surface area contributed by atoms with Crippen LogP contribution in [0.4, 0.5) is 0 Å². The van der Waals surface area contributed by atoms with E-state index in [1.54, 1.807) is 0 Å². The summed E-state index contributed by atoms with van der Waals surface area (Å²) in [6.07, 6.45) is 0. The molecule has 0 bridgehead atoms. The maximum absolute atomic E-state index is 5.77. The second-order valence-corrected chi connectivity index (χ2v) is 7.71. The minimum absolute atomic E-state index is 0.306. The maximum atomic E-state index is 5.77. The van der Waals surface area contributed by atoms with Gasteiger partial charge in [-0.2, -0.15) is 0 Å². The molecule has 2 heteroatoms. The van der Waals surface area contributed by atoms with E-state index in [-0.39, 0.29) is 0 Å². The molecule has 0 aromatic heterocycles. The summed E-state index contributed by atoms with van der Waals surface area (Å²) in [6, 6.07) is 10.6. The molecular weight excluding hydrogens is 221 g/mol. The van der Waals surface area contributed by atoms with Gasteiger partial charge in [-0.3, -0.25) is 0 Å². The first-order valence-corrected chi connectivity index (χ1v) is 7.39. The Balaban J connectivity index is 2.29. The minimum atomic E-state index is -0.915. The predicted molar refractivity (Wildman–Crippen MR) is 60.0 cm³/mol. The molecule has 0 heterocycles. The summed E-state index contributed by atoms with van der Waals surface area (Å²) in [5, 5.41) is 0. The van der Waals surface area contributed by atoms with Gasteiger partial charge in [0.05, 0.1) is 0 Å². The normalized spacial score (nSPS) is 12.5. The van der Waals surface area contributed by atoms with Gasteiger partial charge >= 0.3 is 87.1 Å². The summed E-state index contributed by atoms with van der Waals surface area (Å²) in [5.74, 6) is 0. The van der Waals surface area contributed by atoms with E-state index in [0.29, 0.717) is 5.41 Å². The topological polar surface area (TPSA) is 9.23 Å². The van der Waals surface area contributed by atoms with Crippen molar-refractivity contribution in [2.75, 3.05) is 6.61 Å².